The minimum Gasteiger partial charge on any atom is -0.369 e. The molecule has 0 aliphatic heterocycles. The van der Waals surface area contributed by atoms with Crippen LogP contribution in [0.3, 0.4) is 0 Å². The number of pyridine rings is 1. The largest absolute Gasteiger partial charge is 0.369 e. The van der Waals surface area contributed by atoms with Gasteiger partial charge >= 0.3 is 0 Å². The van der Waals surface area contributed by atoms with Gasteiger partial charge in [-0.25, -0.2) is 4.98 Å². The number of rotatable bonds is 1. The summed E-state index contributed by atoms with van der Waals surface area (Å²) >= 11 is 0. The Labute approximate surface area is 121 Å². The Morgan fingerprint density at radius 3 is 2.81 bits per heavy atom. The number of nitrogen functional groups attached to an aromatic ring is 1. The van der Waals surface area contributed by atoms with Crippen LogP contribution in [0.15, 0.2) is 54.9 Å². The minimum absolute atomic E-state index is 0.496. The van der Waals surface area contributed by atoms with Crippen LogP contribution in [0.2, 0.25) is 0 Å². The van der Waals surface area contributed by atoms with Crippen LogP contribution in [0.5, 0.6) is 0 Å². The first-order valence-corrected chi connectivity index (χ1v) is 6.82. The van der Waals surface area contributed by atoms with Gasteiger partial charge < -0.3 is 5.73 Å². The Hall–Kier alpha value is -2.88. The molecule has 0 atom stereocenters. The smallest absolute Gasteiger partial charge is 0.205 e. The maximum atomic E-state index is 6.18. The summed E-state index contributed by atoms with van der Waals surface area (Å²) in [5.41, 5.74) is 10.3. The van der Waals surface area contributed by atoms with Crippen molar-refractivity contribution in [2.24, 2.45) is 0 Å². The van der Waals surface area contributed by atoms with Gasteiger partial charge in [0.1, 0.15) is 0 Å². The van der Waals surface area contributed by atoms with Gasteiger partial charge in [-0.3, -0.25) is 9.55 Å². The molecule has 21 heavy (non-hydrogen) atoms. The molecule has 4 heteroatoms. The van der Waals surface area contributed by atoms with Crippen molar-refractivity contribution in [3.63, 3.8) is 0 Å². The number of hydrogen-bond donors (Lipinski definition) is 1. The summed E-state index contributed by atoms with van der Waals surface area (Å²) in [6.07, 6.45) is 3.66. The Morgan fingerprint density at radius 1 is 1.05 bits per heavy atom. The molecule has 2 aromatic heterocycles. The molecule has 0 amide bonds. The maximum absolute atomic E-state index is 6.18. The van der Waals surface area contributed by atoms with Crippen molar-refractivity contribution >= 4 is 27.8 Å². The Balaban J connectivity index is 2.14. The van der Waals surface area contributed by atoms with Gasteiger partial charge in [-0.05, 0) is 36.1 Å². The molecule has 2 N–H and O–H groups in total. The van der Waals surface area contributed by atoms with Crippen LogP contribution < -0.4 is 5.73 Å². The van der Waals surface area contributed by atoms with Gasteiger partial charge in [0.2, 0.25) is 5.95 Å². The summed E-state index contributed by atoms with van der Waals surface area (Å²) in [5, 5.41) is 2.20. The van der Waals surface area contributed by atoms with Crippen molar-refractivity contribution in [1.29, 1.82) is 0 Å². The number of para-hydroxylation sites is 1. The normalized spacial score (nSPS) is 11.3. The van der Waals surface area contributed by atoms with Crippen molar-refractivity contribution in [3.8, 4) is 5.69 Å². The zero-order valence-corrected chi connectivity index (χ0v) is 11.6. The van der Waals surface area contributed by atoms with E-state index in [1.54, 1.807) is 6.20 Å². The molecule has 2 aromatic carbocycles. The second-order valence-electron chi connectivity index (χ2n) is 5.12. The first-order chi connectivity index (χ1) is 10.3. The highest BCUT2D eigenvalue weighted by atomic mass is 15.2. The quantitative estimate of drug-likeness (QED) is 0.578. The number of fused-ring (bicyclic) bond motifs is 2. The van der Waals surface area contributed by atoms with Crippen LogP contribution in [0.4, 0.5) is 5.95 Å². The van der Waals surface area contributed by atoms with Crippen molar-refractivity contribution in [3.05, 3.63) is 60.4 Å². The summed E-state index contributed by atoms with van der Waals surface area (Å²) in [5.74, 6) is 0.496. The summed E-state index contributed by atoms with van der Waals surface area (Å²) in [6.45, 7) is 2.05. The van der Waals surface area contributed by atoms with E-state index in [0.29, 0.717) is 5.95 Å². The highest BCUT2D eigenvalue weighted by molar-refractivity contribution is 5.93. The van der Waals surface area contributed by atoms with Crippen LogP contribution in [0.25, 0.3) is 27.5 Å². The van der Waals surface area contributed by atoms with Crippen molar-refractivity contribution < 1.29 is 0 Å². The summed E-state index contributed by atoms with van der Waals surface area (Å²) in [6, 6.07) is 14.3. The van der Waals surface area contributed by atoms with Gasteiger partial charge in [0.25, 0.3) is 0 Å². The van der Waals surface area contributed by atoms with E-state index in [-0.39, 0.29) is 0 Å². The Kier molecular flexibility index (Phi) is 2.44. The summed E-state index contributed by atoms with van der Waals surface area (Å²) < 4.78 is 1.99. The first kappa shape index (κ1) is 11.9. The molecule has 0 fully saturated rings. The minimum atomic E-state index is 0.496. The molecular weight excluding hydrogens is 260 g/mol. The van der Waals surface area contributed by atoms with E-state index < -0.39 is 0 Å². The van der Waals surface area contributed by atoms with E-state index in [1.807, 2.05) is 54.1 Å². The number of nitrogens with two attached hydrogens (primary N) is 1. The second kappa shape index (κ2) is 4.31. The number of anilines is 1. The molecule has 0 saturated heterocycles. The molecule has 2 heterocycles. The molecule has 0 radical (unpaired) electrons. The predicted octanol–water partition coefficient (Wildman–Crippen LogP) is 3.46. The van der Waals surface area contributed by atoms with Crippen LogP contribution in [0.1, 0.15) is 5.56 Å². The molecule has 4 nitrogen and oxygen atoms in total. The lowest BCUT2D eigenvalue weighted by molar-refractivity contribution is 1.12. The van der Waals surface area contributed by atoms with Crippen molar-refractivity contribution in [2.75, 3.05) is 5.73 Å². The standard InChI is InChI=1S/C17H14N4/c1-11-4-2-7-15-16(11)20-17(18)21(15)14-6-3-5-12-8-9-19-10-13(12)14/h2-10H,1H3,(H2,18,20). The number of aryl methyl sites for hydroxylation is 1. The van der Waals surface area contributed by atoms with E-state index in [4.69, 9.17) is 5.73 Å². The third kappa shape index (κ3) is 1.69. The van der Waals surface area contributed by atoms with E-state index >= 15 is 0 Å². The average Bonchev–Trinajstić information content (AvgIpc) is 2.84. The molecule has 0 saturated carbocycles. The lowest BCUT2D eigenvalue weighted by Crippen LogP contribution is -2.01. The van der Waals surface area contributed by atoms with Gasteiger partial charge in [0.05, 0.1) is 16.7 Å². The number of nitrogens with zero attached hydrogens (tertiary/aromatic N) is 3. The SMILES string of the molecule is Cc1cccc2c1nc(N)n2-c1cccc2ccncc12. The molecule has 102 valence electrons. The number of benzene rings is 2. The first-order valence-electron chi connectivity index (χ1n) is 6.82. The van der Waals surface area contributed by atoms with Gasteiger partial charge in [-0.2, -0.15) is 0 Å². The molecule has 4 rings (SSSR count). The molecule has 0 aliphatic rings. The zero-order chi connectivity index (χ0) is 14.4. The zero-order valence-electron chi connectivity index (χ0n) is 11.6. The van der Waals surface area contributed by atoms with Gasteiger partial charge in [0, 0.05) is 17.8 Å². The van der Waals surface area contributed by atoms with Crippen LogP contribution in [-0.4, -0.2) is 14.5 Å². The highest BCUT2D eigenvalue weighted by Gasteiger charge is 2.13. The number of imidazole rings is 1. The van der Waals surface area contributed by atoms with Crippen molar-refractivity contribution in [2.45, 2.75) is 6.92 Å². The monoisotopic (exact) mass is 274 g/mol. The molecule has 0 bridgehead atoms. The predicted molar refractivity (Wildman–Crippen MR) is 85.5 cm³/mol. The lowest BCUT2D eigenvalue weighted by atomic mass is 10.1. The number of aromatic nitrogens is 3. The maximum Gasteiger partial charge on any atom is 0.205 e. The van der Waals surface area contributed by atoms with Crippen LogP contribution >= 0.6 is 0 Å². The fourth-order valence-electron chi connectivity index (χ4n) is 2.80. The molecular formula is C17H14N4. The Bertz CT molecular complexity index is 964. The van der Waals surface area contributed by atoms with Gasteiger partial charge in [-0.15, -0.1) is 0 Å². The average molecular weight is 274 g/mol. The number of hydrogen-bond acceptors (Lipinski definition) is 3. The third-order valence-corrected chi connectivity index (χ3v) is 3.81. The van der Waals surface area contributed by atoms with Crippen LogP contribution in [-0.2, 0) is 0 Å². The van der Waals surface area contributed by atoms with Crippen LogP contribution in [0, 0.1) is 6.92 Å². The molecule has 0 aliphatic carbocycles. The third-order valence-electron chi connectivity index (χ3n) is 3.81. The highest BCUT2D eigenvalue weighted by Crippen LogP contribution is 2.29. The van der Waals surface area contributed by atoms with Crippen molar-refractivity contribution in [1.82, 2.24) is 14.5 Å². The molecule has 0 spiro atoms. The lowest BCUT2D eigenvalue weighted by Gasteiger charge is -2.10. The second-order valence-corrected chi connectivity index (χ2v) is 5.12. The summed E-state index contributed by atoms with van der Waals surface area (Å²) in [4.78, 5) is 8.75. The fourth-order valence-corrected chi connectivity index (χ4v) is 2.80. The fraction of sp³-hybridized carbons (Fsp3) is 0.0588. The Morgan fingerprint density at radius 2 is 1.90 bits per heavy atom. The van der Waals surface area contributed by atoms with E-state index in [0.717, 1.165) is 33.1 Å². The molecule has 0 unspecified atom stereocenters. The molecule has 4 aromatic rings. The topological polar surface area (TPSA) is 56.7 Å². The van der Waals surface area contributed by atoms with Gasteiger partial charge in [0.15, 0.2) is 0 Å². The van der Waals surface area contributed by atoms with E-state index in [9.17, 15) is 0 Å². The van der Waals surface area contributed by atoms with Gasteiger partial charge in [-0.1, -0.05) is 24.3 Å². The van der Waals surface area contributed by atoms with E-state index in [1.165, 1.54) is 0 Å². The summed E-state index contributed by atoms with van der Waals surface area (Å²) in [7, 11) is 0. The van der Waals surface area contributed by atoms with E-state index in [2.05, 4.69) is 16.0 Å².